The molecule has 3 atom stereocenters. The Labute approximate surface area is 149 Å². The molecule has 2 heterocycles. The summed E-state index contributed by atoms with van der Waals surface area (Å²) in [7, 11) is -1.97. The van der Waals surface area contributed by atoms with Gasteiger partial charge in [-0.25, -0.2) is 8.42 Å². The summed E-state index contributed by atoms with van der Waals surface area (Å²) >= 11 is 0. The van der Waals surface area contributed by atoms with E-state index in [2.05, 4.69) is 5.32 Å². The van der Waals surface area contributed by atoms with Gasteiger partial charge in [-0.3, -0.25) is 4.79 Å². The first-order chi connectivity index (χ1) is 11.9. The predicted molar refractivity (Wildman–Crippen MR) is 95.4 cm³/mol. The van der Waals surface area contributed by atoms with Gasteiger partial charge in [0.05, 0.1) is 17.8 Å². The monoisotopic (exact) mass is 366 g/mol. The molecular weight excluding hydrogens is 340 g/mol. The van der Waals surface area contributed by atoms with Crippen molar-refractivity contribution in [2.24, 2.45) is 5.92 Å². The number of nitrogens with one attached hydrogen (secondary N) is 1. The zero-order valence-corrected chi connectivity index (χ0v) is 15.6. The first-order valence-electron chi connectivity index (χ1n) is 8.80. The third-order valence-corrected chi connectivity index (χ3v) is 7.07. The molecule has 0 radical (unpaired) electrons. The lowest BCUT2D eigenvalue weighted by Crippen LogP contribution is -2.42. The van der Waals surface area contributed by atoms with Gasteiger partial charge in [0.15, 0.2) is 9.84 Å². The van der Waals surface area contributed by atoms with Crippen LogP contribution in [-0.4, -0.2) is 57.3 Å². The summed E-state index contributed by atoms with van der Waals surface area (Å²) in [6, 6.07) is 7.15. The quantitative estimate of drug-likeness (QED) is 0.854. The van der Waals surface area contributed by atoms with E-state index in [0.29, 0.717) is 30.9 Å². The van der Waals surface area contributed by atoms with E-state index in [1.807, 2.05) is 4.90 Å². The van der Waals surface area contributed by atoms with Gasteiger partial charge in [-0.15, -0.1) is 0 Å². The molecule has 0 spiro atoms. The second kappa shape index (κ2) is 7.33. The van der Waals surface area contributed by atoms with Crippen LogP contribution in [0.5, 0.6) is 5.75 Å². The van der Waals surface area contributed by atoms with Crippen molar-refractivity contribution in [1.82, 2.24) is 10.2 Å². The maximum Gasteiger partial charge on any atom is 0.226 e. The molecule has 2 bridgehead atoms. The molecule has 1 aromatic carbocycles. The summed E-state index contributed by atoms with van der Waals surface area (Å²) in [6.45, 7) is 3.10. The fraction of sp³-hybridized carbons (Fsp3) is 0.611. The molecule has 3 rings (SSSR count). The van der Waals surface area contributed by atoms with E-state index in [4.69, 9.17) is 4.74 Å². The average Bonchev–Trinajstić information content (AvgIpc) is 2.93. The molecule has 2 saturated heterocycles. The summed E-state index contributed by atoms with van der Waals surface area (Å²) in [4.78, 5) is 14.8. The molecule has 138 valence electrons. The Balaban J connectivity index is 1.65. The van der Waals surface area contributed by atoms with Crippen LogP contribution in [0.15, 0.2) is 29.2 Å². The molecule has 0 aliphatic carbocycles. The van der Waals surface area contributed by atoms with Crippen molar-refractivity contribution < 1.29 is 17.9 Å². The average molecular weight is 366 g/mol. The van der Waals surface area contributed by atoms with Crippen LogP contribution in [0.1, 0.15) is 26.2 Å². The third-order valence-electron chi connectivity index (χ3n) is 5.14. The number of fused-ring (bicyclic) bond motifs is 2. The minimum atomic E-state index is -3.51. The van der Waals surface area contributed by atoms with Gasteiger partial charge in [0.25, 0.3) is 0 Å². The van der Waals surface area contributed by atoms with Gasteiger partial charge >= 0.3 is 0 Å². The lowest BCUT2D eigenvalue weighted by atomic mass is 10.1. The Hall–Kier alpha value is -1.60. The molecule has 2 aliphatic rings. The van der Waals surface area contributed by atoms with Crippen LogP contribution in [0.25, 0.3) is 0 Å². The van der Waals surface area contributed by atoms with Gasteiger partial charge in [-0.05, 0) is 43.5 Å². The Morgan fingerprint density at radius 2 is 1.92 bits per heavy atom. The zero-order chi connectivity index (χ0) is 18.0. The van der Waals surface area contributed by atoms with Crippen molar-refractivity contribution in [3.05, 3.63) is 24.3 Å². The van der Waals surface area contributed by atoms with Gasteiger partial charge in [-0.1, -0.05) is 6.92 Å². The fourth-order valence-electron chi connectivity index (χ4n) is 3.73. The second-order valence-corrected chi connectivity index (χ2v) is 9.10. The highest BCUT2D eigenvalue weighted by Gasteiger charge is 2.33. The molecule has 2 aliphatic heterocycles. The standard InChI is InChI=1S/C18H26N2O4S/c1-13(12-25(22,23)17-7-5-16(24-2)6-8-17)18(21)20-10-9-14-3-4-15(11-20)19-14/h5-8,13-15,19H,3-4,9-12H2,1-2H3. The molecule has 2 fully saturated rings. The van der Waals surface area contributed by atoms with Crippen LogP contribution < -0.4 is 10.1 Å². The Bertz CT molecular complexity index is 717. The van der Waals surface area contributed by atoms with Crippen LogP contribution in [0.3, 0.4) is 0 Å². The number of hydrogen-bond donors (Lipinski definition) is 1. The number of carbonyl (C=O) groups is 1. The number of hydrogen-bond acceptors (Lipinski definition) is 5. The van der Waals surface area contributed by atoms with Crippen LogP contribution in [-0.2, 0) is 14.6 Å². The number of methoxy groups -OCH3 is 1. The van der Waals surface area contributed by atoms with Crippen molar-refractivity contribution in [2.45, 2.75) is 43.2 Å². The Kier molecular flexibility index (Phi) is 5.34. The van der Waals surface area contributed by atoms with Crippen molar-refractivity contribution >= 4 is 15.7 Å². The maximum absolute atomic E-state index is 12.8. The van der Waals surface area contributed by atoms with Crippen LogP contribution in [0.2, 0.25) is 0 Å². The maximum atomic E-state index is 12.8. The summed E-state index contributed by atoms with van der Waals surface area (Å²) in [5, 5.41) is 3.54. The molecule has 3 unspecified atom stereocenters. The van der Waals surface area contributed by atoms with Crippen molar-refractivity contribution in [3.8, 4) is 5.75 Å². The van der Waals surface area contributed by atoms with Gasteiger partial charge in [0.2, 0.25) is 5.91 Å². The number of carbonyl (C=O) groups excluding carboxylic acids is 1. The smallest absolute Gasteiger partial charge is 0.226 e. The number of amides is 1. The van der Waals surface area contributed by atoms with E-state index in [0.717, 1.165) is 12.8 Å². The number of sulfone groups is 1. The first kappa shape index (κ1) is 18.2. The Morgan fingerprint density at radius 1 is 1.24 bits per heavy atom. The van der Waals surface area contributed by atoms with Gasteiger partial charge in [-0.2, -0.15) is 0 Å². The minimum absolute atomic E-state index is 0.0635. The highest BCUT2D eigenvalue weighted by Crippen LogP contribution is 2.23. The van der Waals surface area contributed by atoms with E-state index >= 15 is 0 Å². The van der Waals surface area contributed by atoms with Crippen molar-refractivity contribution in [3.63, 3.8) is 0 Å². The lowest BCUT2D eigenvalue weighted by Gasteiger charge is -2.27. The number of benzene rings is 1. The van der Waals surface area contributed by atoms with Gasteiger partial charge < -0.3 is 15.0 Å². The fourth-order valence-corrected chi connectivity index (χ4v) is 5.28. The minimum Gasteiger partial charge on any atom is -0.497 e. The van der Waals surface area contributed by atoms with Crippen LogP contribution in [0.4, 0.5) is 0 Å². The highest BCUT2D eigenvalue weighted by atomic mass is 32.2. The molecule has 0 saturated carbocycles. The van der Waals surface area contributed by atoms with Crippen LogP contribution >= 0.6 is 0 Å². The van der Waals surface area contributed by atoms with E-state index in [1.165, 1.54) is 25.7 Å². The van der Waals surface area contributed by atoms with E-state index < -0.39 is 15.8 Å². The van der Waals surface area contributed by atoms with E-state index in [-0.39, 0.29) is 16.6 Å². The molecule has 7 heteroatoms. The number of ether oxygens (including phenoxy) is 1. The lowest BCUT2D eigenvalue weighted by molar-refractivity contribution is -0.134. The molecule has 1 N–H and O–H groups in total. The highest BCUT2D eigenvalue weighted by molar-refractivity contribution is 7.91. The SMILES string of the molecule is COc1ccc(S(=O)(=O)CC(C)C(=O)N2CCC3CCC(C2)N3)cc1. The number of rotatable bonds is 5. The normalized spacial score (nSPS) is 24.6. The third kappa shape index (κ3) is 4.15. The Morgan fingerprint density at radius 3 is 2.60 bits per heavy atom. The van der Waals surface area contributed by atoms with E-state index in [1.54, 1.807) is 19.1 Å². The van der Waals surface area contributed by atoms with Crippen LogP contribution in [0, 0.1) is 5.92 Å². The zero-order valence-electron chi connectivity index (χ0n) is 14.8. The molecule has 6 nitrogen and oxygen atoms in total. The summed E-state index contributed by atoms with van der Waals surface area (Å²) in [6.07, 6.45) is 3.21. The second-order valence-electron chi connectivity index (χ2n) is 7.07. The van der Waals surface area contributed by atoms with Gasteiger partial charge in [0, 0.05) is 31.1 Å². The van der Waals surface area contributed by atoms with Gasteiger partial charge in [0.1, 0.15) is 5.75 Å². The summed E-state index contributed by atoms with van der Waals surface area (Å²) < 4.78 is 30.3. The molecule has 1 aromatic rings. The summed E-state index contributed by atoms with van der Waals surface area (Å²) in [5.74, 6) is -0.179. The molecule has 25 heavy (non-hydrogen) atoms. The largest absolute Gasteiger partial charge is 0.497 e. The molecular formula is C18H26N2O4S. The molecule has 0 aromatic heterocycles. The number of likely N-dealkylation sites (tertiary alicyclic amines) is 1. The summed E-state index contributed by atoms with van der Waals surface area (Å²) in [5.41, 5.74) is 0. The first-order valence-corrected chi connectivity index (χ1v) is 10.5. The van der Waals surface area contributed by atoms with Crippen molar-refractivity contribution in [2.75, 3.05) is 26.0 Å². The predicted octanol–water partition coefficient (Wildman–Crippen LogP) is 1.46. The van der Waals surface area contributed by atoms with Crippen molar-refractivity contribution in [1.29, 1.82) is 0 Å². The topological polar surface area (TPSA) is 75.7 Å². The van der Waals surface area contributed by atoms with E-state index in [9.17, 15) is 13.2 Å². The number of nitrogens with zero attached hydrogens (tertiary/aromatic N) is 1. The molecule has 1 amide bonds.